The van der Waals surface area contributed by atoms with Crippen LogP contribution in [-0.4, -0.2) is 45.3 Å². The van der Waals surface area contributed by atoms with Gasteiger partial charge in [0.15, 0.2) is 11.3 Å². The van der Waals surface area contributed by atoms with Crippen molar-refractivity contribution in [1.29, 1.82) is 0 Å². The summed E-state index contributed by atoms with van der Waals surface area (Å²) in [4.78, 5) is 20.0. The lowest BCUT2D eigenvalue weighted by atomic mass is 10.1. The molecule has 2 N–H and O–H groups in total. The summed E-state index contributed by atoms with van der Waals surface area (Å²) in [6.07, 6.45) is -3.79. The Morgan fingerprint density at radius 2 is 1.79 bits per heavy atom. The van der Waals surface area contributed by atoms with E-state index in [9.17, 15) is 31.1 Å². The molecule has 3 aromatic heterocycles. The predicted octanol–water partition coefficient (Wildman–Crippen LogP) is 5.65. The maximum atomic E-state index is 14.5. The Morgan fingerprint density at radius 3 is 2.49 bits per heavy atom. The van der Waals surface area contributed by atoms with E-state index < -0.39 is 40.9 Å². The van der Waals surface area contributed by atoms with E-state index in [-0.39, 0.29) is 17.8 Å². The minimum absolute atomic E-state index is 0.0979. The first-order valence-corrected chi connectivity index (χ1v) is 11.5. The second kappa shape index (κ2) is 9.64. The van der Waals surface area contributed by atoms with Crippen LogP contribution >= 0.6 is 0 Å². The quantitative estimate of drug-likeness (QED) is 0.258. The normalized spacial score (nSPS) is 12.3. The van der Waals surface area contributed by atoms with Crippen LogP contribution in [0.3, 0.4) is 0 Å². The van der Waals surface area contributed by atoms with E-state index in [1.807, 2.05) is 12.1 Å². The topological polar surface area (TPSA) is 84.3 Å². The van der Waals surface area contributed by atoms with Gasteiger partial charge in [0.2, 0.25) is 0 Å². The number of carbonyl (C=O) groups excluding carboxylic acids is 1. The third-order valence-corrected chi connectivity index (χ3v) is 6.13. The van der Waals surface area contributed by atoms with Gasteiger partial charge in [-0.2, -0.15) is 27.1 Å². The molecule has 0 unspecified atom stereocenters. The SMILES string of the molecule is COc1ccc2[nH]cc(CCNC(=O)c3cc4nc(-c5ccc(F)cc5)cc(C(F)(F)C(F)(F)F)n4n3)c2c1. The van der Waals surface area contributed by atoms with Crippen LogP contribution in [0.4, 0.5) is 26.3 Å². The van der Waals surface area contributed by atoms with Crippen LogP contribution in [0.25, 0.3) is 27.8 Å². The average Bonchev–Trinajstić information content (AvgIpc) is 3.51. The van der Waals surface area contributed by atoms with Gasteiger partial charge in [-0.05, 0) is 60.5 Å². The highest BCUT2D eigenvalue weighted by molar-refractivity contribution is 5.93. The molecule has 7 nitrogen and oxygen atoms in total. The molecule has 0 aliphatic rings. The van der Waals surface area contributed by atoms with E-state index in [0.717, 1.165) is 34.7 Å². The van der Waals surface area contributed by atoms with Crippen LogP contribution in [0.5, 0.6) is 5.75 Å². The molecule has 0 aliphatic heterocycles. The molecule has 0 saturated heterocycles. The molecule has 0 aliphatic carbocycles. The van der Waals surface area contributed by atoms with Gasteiger partial charge in [0.05, 0.1) is 12.8 Å². The number of H-pyrrole nitrogens is 1. The second-order valence-corrected chi connectivity index (χ2v) is 8.64. The number of nitrogens with one attached hydrogen (secondary N) is 2. The van der Waals surface area contributed by atoms with Crippen molar-refractivity contribution >= 4 is 22.5 Å². The summed E-state index contributed by atoms with van der Waals surface area (Å²) in [5, 5.41) is 7.18. The molecule has 0 atom stereocenters. The summed E-state index contributed by atoms with van der Waals surface area (Å²) in [5.41, 5.74) is -0.798. The molecule has 0 bridgehead atoms. The maximum absolute atomic E-state index is 14.5. The Kier molecular flexibility index (Phi) is 6.44. The summed E-state index contributed by atoms with van der Waals surface area (Å²) >= 11 is 0. The monoisotopic (exact) mass is 547 g/mol. The van der Waals surface area contributed by atoms with Gasteiger partial charge < -0.3 is 15.0 Å². The molecule has 202 valence electrons. The van der Waals surface area contributed by atoms with Gasteiger partial charge >= 0.3 is 12.1 Å². The van der Waals surface area contributed by atoms with Crippen LogP contribution in [0, 0.1) is 5.82 Å². The van der Waals surface area contributed by atoms with E-state index in [2.05, 4.69) is 20.4 Å². The van der Waals surface area contributed by atoms with Gasteiger partial charge in [-0.15, -0.1) is 0 Å². The number of nitrogens with zero attached hydrogens (tertiary/aromatic N) is 3. The number of methoxy groups -OCH3 is 1. The van der Waals surface area contributed by atoms with Crippen molar-refractivity contribution in [2.24, 2.45) is 0 Å². The lowest BCUT2D eigenvalue weighted by Crippen LogP contribution is -2.36. The largest absolute Gasteiger partial charge is 0.497 e. The second-order valence-electron chi connectivity index (χ2n) is 8.64. The van der Waals surface area contributed by atoms with Gasteiger partial charge in [0, 0.05) is 35.3 Å². The Labute approximate surface area is 216 Å². The summed E-state index contributed by atoms with van der Waals surface area (Å²) in [7, 11) is 1.54. The van der Waals surface area contributed by atoms with Gasteiger partial charge in [-0.25, -0.2) is 13.9 Å². The number of ether oxygens (including phenoxy) is 1. The number of benzene rings is 2. The lowest BCUT2D eigenvalue weighted by Gasteiger charge is -2.21. The van der Waals surface area contributed by atoms with Gasteiger partial charge in [-0.1, -0.05) is 0 Å². The standard InChI is InChI=1S/C26H19F6N5O2/c1-39-17-6-7-19-18(10-17)15(13-34-19)8-9-33-24(38)21-12-23-35-20(14-2-4-16(27)5-3-14)11-22(37(23)36-21)25(28,29)26(30,31)32/h2-7,10-13,34H,8-9H2,1H3,(H,33,38). The number of carbonyl (C=O) groups is 1. The van der Waals surface area contributed by atoms with Crippen molar-refractivity contribution in [3.05, 3.63) is 83.6 Å². The van der Waals surface area contributed by atoms with Crippen LogP contribution in [0.1, 0.15) is 21.7 Å². The minimum atomic E-state index is -5.95. The first kappa shape index (κ1) is 26.1. The molecule has 0 spiro atoms. The van der Waals surface area contributed by atoms with E-state index in [1.165, 1.54) is 19.2 Å². The van der Waals surface area contributed by atoms with Gasteiger partial charge in [0.1, 0.15) is 17.3 Å². The Hall–Kier alpha value is -4.55. The van der Waals surface area contributed by atoms with Crippen LogP contribution in [0.2, 0.25) is 0 Å². The smallest absolute Gasteiger partial charge is 0.459 e. The fourth-order valence-electron chi connectivity index (χ4n) is 4.12. The van der Waals surface area contributed by atoms with Crippen molar-refractivity contribution < 1.29 is 35.9 Å². The third kappa shape index (κ3) is 4.87. The van der Waals surface area contributed by atoms with E-state index >= 15 is 0 Å². The van der Waals surface area contributed by atoms with Crippen molar-refractivity contribution in [3.8, 4) is 17.0 Å². The molecule has 13 heteroatoms. The molecule has 0 radical (unpaired) electrons. The number of amides is 1. The third-order valence-electron chi connectivity index (χ3n) is 6.13. The zero-order chi connectivity index (χ0) is 27.9. The number of fused-ring (bicyclic) bond motifs is 2. The number of hydrogen-bond acceptors (Lipinski definition) is 4. The number of halogens is 6. The first-order chi connectivity index (χ1) is 18.5. The molecular weight excluding hydrogens is 528 g/mol. The number of alkyl halides is 5. The van der Waals surface area contributed by atoms with Crippen LogP contribution in [0.15, 0.2) is 60.8 Å². The summed E-state index contributed by atoms with van der Waals surface area (Å²) in [5.74, 6) is -6.09. The molecule has 5 aromatic rings. The number of hydrogen-bond donors (Lipinski definition) is 2. The highest BCUT2D eigenvalue weighted by Gasteiger charge is 2.60. The molecular formula is C26H19F6N5O2. The molecule has 39 heavy (non-hydrogen) atoms. The maximum Gasteiger partial charge on any atom is 0.459 e. The van der Waals surface area contributed by atoms with Crippen molar-refractivity contribution in [3.63, 3.8) is 0 Å². The van der Waals surface area contributed by atoms with Crippen LogP contribution < -0.4 is 10.1 Å². The molecule has 0 fully saturated rings. The first-order valence-electron chi connectivity index (χ1n) is 11.5. The fraction of sp³-hybridized carbons (Fsp3) is 0.192. The highest BCUT2D eigenvalue weighted by Crippen LogP contribution is 2.44. The molecule has 3 heterocycles. The minimum Gasteiger partial charge on any atom is -0.497 e. The summed E-state index contributed by atoms with van der Waals surface area (Å²) < 4.78 is 87.8. The van der Waals surface area contributed by atoms with Gasteiger partial charge in [-0.3, -0.25) is 4.79 Å². The Bertz CT molecular complexity index is 1670. The number of rotatable bonds is 7. The lowest BCUT2D eigenvalue weighted by molar-refractivity contribution is -0.291. The number of aromatic amines is 1. The summed E-state index contributed by atoms with van der Waals surface area (Å²) in [6, 6.07) is 11.4. The van der Waals surface area contributed by atoms with Crippen molar-refractivity contribution in [2.45, 2.75) is 18.5 Å². The van der Waals surface area contributed by atoms with E-state index in [4.69, 9.17) is 4.74 Å². The van der Waals surface area contributed by atoms with E-state index in [1.54, 1.807) is 12.3 Å². The average molecular weight is 547 g/mol. The Balaban J connectivity index is 1.44. The zero-order valence-electron chi connectivity index (χ0n) is 20.1. The predicted molar refractivity (Wildman–Crippen MR) is 129 cm³/mol. The van der Waals surface area contributed by atoms with E-state index in [0.29, 0.717) is 22.8 Å². The molecule has 5 rings (SSSR count). The summed E-state index contributed by atoms with van der Waals surface area (Å²) in [6.45, 7) is 0.122. The highest BCUT2D eigenvalue weighted by atomic mass is 19.4. The zero-order valence-corrected chi connectivity index (χ0v) is 20.1. The molecule has 2 aromatic carbocycles. The molecule has 0 saturated carbocycles. The fourth-order valence-corrected chi connectivity index (χ4v) is 4.12. The van der Waals surface area contributed by atoms with Crippen molar-refractivity contribution in [2.75, 3.05) is 13.7 Å². The van der Waals surface area contributed by atoms with Crippen LogP contribution in [-0.2, 0) is 12.3 Å². The number of aromatic nitrogens is 4. The van der Waals surface area contributed by atoms with Crippen molar-refractivity contribution in [1.82, 2.24) is 24.9 Å². The molecule has 1 amide bonds. The van der Waals surface area contributed by atoms with Gasteiger partial charge in [0.25, 0.3) is 5.91 Å². The Morgan fingerprint density at radius 1 is 1.05 bits per heavy atom.